The number of carbonyl (C=O) groups excluding carboxylic acids is 2. The number of rotatable bonds is 14. The number of nitrogens with one attached hydrogen (secondary N) is 3. The Hall–Kier alpha value is -2.73. The van der Waals surface area contributed by atoms with Crippen molar-refractivity contribution in [2.24, 2.45) is 0 Å². The van der Waals surface area contributed by atoms with Gasteiger partial charge in [-0.3, -0.25) is 24.5 Å². The second-order valence-corrected chi connectivity index (χ2v) is 8.33. The van der Waals surface area contributed by atoms with Crippen LogP contribution in [0.15, 0.2) is 36.5 Å². The Kier molecular flexibility index (Phi) is 14.0. The molecule has 4 N–H and O–H groups in total. The third-order valence-electron chi connectivity index (χ3n) is 5.03. The largest absolute Gasteiger partial charge is 1.00 e. The second-order valence-electron chi connectivity index (χ2n) is 7.92. The van der Waals surface area contributed by atoms with Crippen LogP contribution in [0.25, 0.3) is 0 Å². The van der Waals surface area contributed by atoms with Gasteiger partial charge in [0.15, 0.2) is 0 Å². The maximum Gasteiger partial charge on any atom is 1.00 e. The Morgan fingerprint density at radius 3 is 2.56 bits per heavy atom. The summed E-state index contributed by atoms with van der Waals surface area (Å²) in [4.78, 5) is 50.2. The number of aromatic nitrogens is 1. The van der Waals surface area contributed by atoms with Gasteiger partial charge in [0, 0.05) is 25.2 Å². The van der Waals surface area contributed by atoms with Crippen LogP contribution in [0.4, 0.5) is 11.5 Å². The number of halogens is 1. The average Bonchev–Trinajstić information content (AvgIpc) is 2.79. The van der Waals surface area contributed by atoms with Crippen LogP contribution in [0.1, 0.15) is 49.3 Å². The maximum atomic E-state index is 12.3. The van der Waals surface area contributed by atoms with Gasteiger partial charge >= 0.3 is 35.5 Å². The number of nitrogens with zero attached hydrogens (tertiary/aromatic N) is 2. The number of aryl methyl sites for hydroxylation is 1. The normalized spacial score (nSPS) is 11.1. The zero-order valence-corrected chi connectivity index (χ0v) is 23.0. The van der Waals surface area contributed by atoms with E-state index in [0.717, 1.165) is 36.8 Å². The van der Waals surface area contributed by atoms with E-state index in [1.807, 2.05) is 19.1 Å². The first-order chi connectivity index (χ1) is 16.7. The molecule has 2 amide bonds. The molecule has 0 saturated heterocycles. The predicted molar refractivity (Wildman–Crippen MR) is 130 cm³/mol. The minimum absolute atomic E-state index is 0. The number of anilines is 1. The average molecular weight is 529 g/mol. The van der Waals surface area contributed by atoms with Crippen molar-refractivity contribution in [3.63, 3.8) is 0 Å². The van der Waals surface area contributed by atoms with Crippen LogP contribution in [-0.4, -0.2) is 45.9 Å². The van der Waals surface area contributed by atoms with Gasteiger partial charge in [-0.05, 0) is 49.1 Å². The number of benzene rings is 1. The van der Waals surface area contributed by atoms with Crippen molar-refractivity contribution in [1.29, 1.82) is 0 Å². The number of amides is 2. The van der Waals surface area contributed by atoms with Crippen molar-refractivity contribution in [3.8, 4) is 0 Å². The smallest absolute Gasteiger partial charge is 0.481 e. The molecule has 188 valence electrons. The van der Waals surface area contributed by atoms with Crippen molar-refractivity contribution in [2.75, 3.05) is 18.4 Å². The quantitative estimate of drug-likeness (QED) is 0.118. The van der Waals surface area contributed by atoms with Crippen molar-refractivity contribution in [1.82, 2.24) is 15.6 Å². The Bertz CT molecular complexity index is 1070. The zero-order valence-electron chi connectivity index (χ0n) is 20.3. The van der Waals surface area contributed by atoms with Crippen LogP contribution in [0.2, 0.25) is 5.02 Å². The summed E-state index contributed by atoms with van der Waals surface area (Å²) in [5.41, 5.74) is 0.942. The first-order valence-electron chi connectivity index (χ1n) is 11.0. The molecule has 0 radical (unpaired) electrons. The van der Waals surface area contributed by atoms with Gasteiger partial charge in [-0.25, -0.2) is 4.98 Å². The second kappa shape index (κ2) is 16.1. The third kappa shape index (κ3) is 11.3. The standard InChI is InChI=1S/C23H28ClN5O6.Na/c1-15-8-10-26-20(11-15)25-9-4-2-3-5-21(30)27-14-22(31)28-18(13-23(32)33)16-6-7-17(24)19(12-16)29(34)35;/h6-8,10-12,18H,2-5,9,13-14H2,1H3,(H,25,26)(H,27,30)(H,28,31)(H,32,33);/q;+1. The summed E-state index contributed by atoms with van der Waals surface area (Å²) in [7, 11) is 0. The fraction of sp³-hybridized carbons (Fsp3) is 0.391. The number of aliphatic carboxylic acids is 1. The summed E-state index contributed by atoms with van der Waals surface area (Å²) in [6.45, 7) is 2.38. The van der Waals surface area contributed by atoms with E-state index >= 15 is 0 Å². The predicted octanol–water partition coefficient (Wildman–Crippen LogP) is 0.376. The summed E-state index contributed by atoms with van der Waals surface area (Å²) < 4.78 is 0. The molecule has 0 saturated carbocycles. The number of nitro groups is 1. The number of carboxylic acids is 1. The molecule has 2 aromatic rings. The van der Waals surface area contributed by atoms with E-state index in [2.05, 4.69) is 20.9 Å². The minimum Gasteiger partial charge on any atom is -0.481 e. The van der Waals surface area contributed by atoms with Gasteiger partial charge in [0.05, 0.1) is 23.9 Å². The Labute approximate surface area is 235 Å². The Morgan fingerprint density at radius 1 is 1.14 bits per heavy atom. The van der Waals surface area contributed by atoms with E-state index in [4.69, 9.17) is 16.7 Å². The van der Waals surface area contributed by atoms with E-state index in [1.54, 1.807) is 6.20 Å². The molecule has 1 aromatic heterocycles. The summed E-state index contributed by atoms with van der Waals surface area (Å²) in [6.07, 6.45) is 3.80. The molecular weight excluding hydrogens is 501 g/mol. The fourth-order valence-electron chi connectivity index (χ4n) is 3.26. The van der Waals surface area contributed by atoms with Gasteiger partial charge in [-0.15, -0.1) is 0 Å². The number of hydrogen-bond donors (Lipinski definition) is 4. The summed E-state index contributed by atoms with van der Waals surface area (Å²) in [6, 6.07) is 6.64. The van der Waals surface area contributed by atoms with Gasteiger partial charge in [0.2, 0.25) is 11.8 Å². The van der Waals surface area contributed by atoms with Gasteiger partial charge in [-0.1, -0.05) is 24.1 Å². The molecular formula is C23H28ClN5NaO6+. The monoisotopic (exact) mass is 528 g/mol. The molecule has 36 heavy (non-hydrogen) atoms. The number of unbranched alkanes of at least 4 members (excludes halogenated alkanes) is 2. The molecule has 2 rings (SSSR count). The fourth-order valence-corrected chi connectivity index (χ4v) is 3.45. The zero-order chi connectivity index (χ0) is 25.8. The molecule has 1 heterocycles. The number of carboxylic acid groups (broad SMARTS) is 1. The number of pyridine rings is 1. The molecule has 0 spiro atoms. The van der Waals surface area contributed by atoms with E-state index < -0.39 is 34.9 Å². The number of carbonyl (C=O) groups is 3. The van der Waals surface area contributed by atoms with Gasteiger partial charge in [0.1, 0.15) is 10.8 Å². The molecule has 1 atom stereocenters. The first kappa shape index (κ1) is 31.3. The summed E-state index contributed by atoms with van der Waals surface area (Å²) >= 11 is 5.80. The molecule has 11 nitrogen and oxygen atoms in total. The minimum atomic E-state index is -1.20. The van der Waals surface area contributed by atoms with Gasteiger partial charge < -0.3 is 21.1 Å². The summed E-state index contributed by atoms with van der Waals surface area (Å²) in [5.74, 6) is -1.31. The molecule has 0 bridgehead atoms. The Morgan fingerprint density at radius 2 is 1.89 bits per heavy atom. The van der Waals surface area contributed by atoms with Crippen LogP contribution in [-0.2, 0) is 14.4 Å². The first-order valence-corrected chi connectivity index (χ1v) is 11.4. The van der Waals surface area contributed by atoms with E-state index in [0.29, 0.717) is 6.42 Å². The molecule has 0 aliphatic heterocycles. The topological polar surface area (TPSA) is 164 Å². The molecule has 0 aliphatic carbocycles. The summed E-state index contributed by atoms with van der Waals surface area (Å²) in [5, 5.41) is 28.4. The van der Waals surface area contributed by atoms with Crippen LogP contribution in [0, 0.1) is 17.0 Å². The van der Waals surface area contributed by atoms with E-state index in [9.17, 15) is 24.5 Å². The number of hydrogen-bond acceptors (Lipinski definition) is 7. The molecule has 0 aliphatic rings. The molecule has 1 aromatic carbocycles. The molecule has 1 unspecified atom stereocenters. The van der Waals surface area contributed by atoms with Gasteiger partial charge in [-0.2, -0.15) is 0 Å². The molecule has 13 heteroatoms. The van der Waals surface area contributed by atoms with Crippen LogP contribution < -0.4 is 45.5 Å². The van der Waals surface area contributed by atoms with Crippen molar-refractivity contribution >= 4 is 40.9 Å². The third-order valence-corrected chi connectivity index (χ3v) is 5.35. The van der Waals surface area contributed by atoms with Gasteiger partial charge in [0.25, 0.3) is 5.69 Å². The van der Waals surface area contributed by atoms with E-state index in [-0.39, 0.29) is 59.0 Å². The molecule has 0 fully saturated rings. The maximum absolute atomic E-state index is 12.3. The Balaban J connectivity index is 0.00000648. The van der Waals surface area contributed by atoms with Crippen LogP contribution in [0.5, 0.6) is 0 Å². The van der Waals surface area contributed by atoms with Crippen LogP contribution in [0.3, 0.4) is 0 Å². The van der Waals surface area contributed by atoms with Crippen molar-refractivity contribution in [2.45, 2.75) is 45.1 Å². The van der Waals surface area contributed by atoms with Crippen LogP contribution >= 0.6 is 11.6 Å². The van der Waals surface area contributed by atoms with E-state index in [1.165, 1.54) is 12.1 Å². The SMILES string of the molecule is Cc1ccnc(NCCCCCC(=O)NCC(=O)NC(CC(=O)O)c2ccc(Cl)c([N+](=O)[O-])c2)c1.[Na+]. The number of nitro benzene ring substituents is 1. The van der Waals surface area contributed by atoms with Crippen molar-refractivity contribution < 1.29 is 54.0 Å². The van der Waals surface area contributed by atoms with Crippen molar-refractivity contribution in [3.05, 3.63) is 62.8 Å².